The lowest BCUT2D eigenvalue weighted by Gasteiger charge is -2.30. The van der Waals surface area contributed by atoms with Crippen LogP contribution in [0.3, 0.4) is 0 Å². The van der Waals surface area contributed by atoms with E-state index in [0.717, 1.165) is 12.8 Å². The molecule has 94 valence electrons. The normalized spacial score (nSPS) is 21.2. The van der Waals surface area contributed by atoms with Crippen LogP contribution in [0.1, 0.15) is 59.3 Å². The van der Waals surface area contributed by atoms with Gasteiger partial charge in [0.05, 0.1) is 0 Å². The van der Waals surface area contributed by atoms with E-state index in [-0.39, 0.29) is 16.9 Å². The van der Waals surface area contributed by atoms with Gasteiger partial charge in [-0.15, -0.1) is 0 Å². The van der Waals surface area contributed by atoms with Crippen molar-refractivity contribution in [3.63, 3.8) is 0 Å². The Balaban J connectivity index is 2.43. The SMILES string of the molecule is CC(C)(C)C(=O)NCC1(N)CCCCCC1. The van der Waals surface area contributed by atoms with Crippen LogP contribution in [0, 0.1) is 5.41 Å². The number of nitrogens with two attached hydrogens (primary N) is 1. The quantitative estimate of drug-likeness (QED) is 0.709. The summed E-state index contributed by atoms with van der Waals surface area (Å²) in [5.41, 5.74) is 5.85. The summed E-state index contributed by atoms with van der Waals surface area (Å²) in [6, 6.07) is 0. The lowest BCUT2D eigenvalue weighted by atomic mass is 9.90. The molecule has 1 aliphatic carbocycles. The Kier molecular flexibility index (Phi) is 4.36. The molecule has 0 aromatic heterocycles. The second-order valence-electron chi connectivity index (χ2n) is 6.21. The van der Waals surface area contributed by atoms with Crippen molar-refractivity contribution in [3.05, 3.63) is 0 Å². The van der Waals surface area contributed by atoms with Crippen molar-refractivity contribution in [2.45, 2.75) is 64.8 Å². The highest BCUT2D eigenvalue weighted by molar-refractivity contribution is 5.81. The van der Waals surface area contributed by atoms with Crippen LogP contribution in [0.2, 0.25) is 0 Å². The molecule has 0 aliphatic heterocycles. The van der Waals surface area contributed by atoms with Crippen LogP contribution < -0.4 is 11.1 Å². The fourth-order valence-electron chi connectivity index (χ4n) is 2.13. The molecule has 3 N–H and O–H groups in total. The highest BCUT2D eigenvalue weighted by atomic mass is 16.2. The summed E-state index contributed by atoms with van der Waals surface area (Å²) in [5.74, 6) is 0.0987. The minimum atomic E-state index is -0.318. The smallest absolute Gasteiger partial charge is 0.225 e. The number of carbonyl (C=O) groups is 1. The zero-order valence-electron chi connectivity index (χ0n) is 10.9. The lowest BCUT2D eigenvalue weighted by molar-refractivity contribution is -0.128. The van der Waals surface area contributed by atoms with Crippen molar-refractivity contribution in [2.24, 2.45) is 11.1 Å². The Morgan fingerprint density at radius 3 is 2.12 bits per heavy atom. The van der Waals surface area contributed by atoms with Crippen LogP contribution >= 0.6 is 0 Å². The molecule has 0 saturated heterocycles. The van der Waals surface area contributed by atoms with Crippen molar-refractivity contribution in [1.29, 1.82) is 0 Å². The van der Waals surface area contributed by atoms with Crippen LogP contribution in [0.15, 0.2) is 0 Å². The third-order valence-corrected chi connectivity index (χ3v) is 3.38. The number of nitrogens with one attached hydrogen (secondary N) is 1. The molecule has 1 saturated carbocycles. The van der Waals surface area contributed by atoms with E-state index < -0.39 is 0 Å². The van der Waals surface area contributed by atoms with Gasteiger partial charge in [-0.1, -0.05) is 46.5 Å². The Morgan fingerprint density at radius 1 is 1.19 bits per heavy atom. The Morgan fingerprint density at radius 2 is 1.69 bits per heavy atom. The average molecular weight is 226 g/mol. The van der Waals surface area contributed by atoms with Gasteiger partial charge in [-0.2, -0.15) is 0 Å². The van der Waals surface area contributed by atoms with E-state index in [4.69, 9.17) is 5.73 Å². The number of rotatable bonds is 2. The van der Waals surface area contributed by atoms with Crippen LogP contribution in [0.5, 0.6) is 0 Å². The first-order chi connectivity index (χ1) is 7.33. The predicted molar refractivity (Wildman–Crippen MR) is 67.1 cm³/mol. The van der Waals surface area contributed by atoms with Gasteiger partial charge in [0.2, 0.25) is 5.91 Å². The molecule has 0 aromatic carbocycles. The van der Waals surface area contributed by atoms with E-state index >= 15 is 0 Å². The molecule has 1 fully saturated rings. The molecule has 0 unspecified atom stereocenters. The van der Waals surface area contributed by atoms with Crippen LogP contribution in [-0.2, 0) is 4.79 Å². The first-order valence-corrected chi connectivity index (χ1v) is 6.41. The van der Waals surface area contributed by atoms with Gasteiger partial charge >= 0.3 is 0 Å². The van der Waals surface area contributed by atoms with E-state index in [1.807, 2.05) is 20.8 Å². The highest BCUT2D eigenvalue weighted by Gasteiger charge is 2.29. The maximum atomic E-state index is 11.8. The van der Waals surface area contributed by atoms with Crippen molar-refractivity contribution in [1.82, 2.24) is 5.32 Å². The first-order valence-electron chi connectivity index (χ1n) is 6.41. The minimum absolute atomic E-state index is 0.0987. The van der Waals surface area contributed by atoms with Gasteiger partial charge in [0, 0.05) is 17.5 Å². The van der Waals surface area contributed by atoms with Gasteiger partial charge in [-0.25, -0.2) is 0 Å². The fraction of sp³-hybridized carbons (Fsp3) is 0.923. The van der Waals surface area contributed by atoms with Crippen LogP contribution in [-0.4, -0.2) is 18.0 Å². The molecule has 3 nitrogen and oxygen atoms in total. The van der Waals surface area contributed by atoms with Crippen molar-refractivity contribution in [3.8, 4) is 0 Å². The second-order valence-corrected chi connectivity index (χ2v) is 6.21. The van der Waals surface area contributed by atoms with Crippen molar-refractivity contribution in [2.75, 3.05) is 6.54 Å². The maximum absolute atomic E-state index is 11.8. The monoisotopic (exact) mass is 226 g/mol. The Labute approximate surface area is 99.2 Å². The molecule has 0 atom stereocenters. The average Bonchev–Trinajstić information content (AvgIpc) is 2.39. The zero-order valence-corrected chi connectivity index (χ0v) is 10.9. The van der Waals surface area contributed by atoms with Gasteiger partial charge in [-0.3, -0.25) is 4.79 Å². The summed E-state index contributed by atoms with van der Waals surface area (Å²) in [6.07, 6.45) is 7.04. The fourth-order valence-corrected chi connectivity index (χ4v) is 2.13. The van der Waals surface area contributed by atoms with Gasteiger partial charge in [0.25, 0.3) is 0 Å². The molecule has 16 heavy (non-hydrogen) atoms. The molecular formula is C13H26N2O. The topological polar surface area (TPSA) is 55.1 Å². The van der Waals surface area contributed by atoms with Gasteiger partial charge in [0.15, 0.2) is 0 Å². The molecule has 0 spiro atoms. The summed E-state index contributed by atoms with van der Waals surface area (Å²) < 4.78 is 0. The maximum Gasteiger partial charge on any atom is 0.225 e. The van der Waals surface area contributed by atoms with Crippen molar-refractivity contribution < 1.29 is 4.79 Å². The molecular weight excluding hydrogens is 200 g/mol. The lowest BCUT2D eigenvalue weighted by Crippen LogP contribution is -2.51. The summed E-state index contributed by atoms with van der Waals surface area (Å²) in [4.78, 5) is 11.8. The minimum Gasteiger partial charge on any atom is -0.354 e. The van der Waals surface area contributed by atoms with E-state index in [1.165, 1.54) is 25.7 Å². The summed E-state index contributed by atoms with van der Waals surface area (Å²) in [5, 5.41) is 3.00. The van der Waals surface area contributed by atoms with Crippen LogP contribution in [0.4, 0.5) is 0 Å². The number of hydrogen-bond acceptors (Lipinski definition) is 2. The van der Waals surface area contributed by atoms with Gasteiger partial charge < -0.3 is 11.1 Å². The number of amides is 1. The number of carbonyl (C=O) groups excluding carboxylic acids is 1. The van der Waals surface area contributed by atoms with E-state index in [1.54, 1.807) is 0 Å². The Bertz CT molecular complexity index is 235. The summed E-state index contributed by atoms with van der Waals surface area (Å²) in [6.45, 7) is 6.42. The van der Waals surface area contributed by atoms with Crippen molar-refractivity contribution >= 4 is 5.91 Å². The molecule has 1 amide bonds. The molecule has 0 radical (unpaired) electrons. The second kappa shape index (κ2) is 5.17. The third kappa shape index (κ3) is 4.12. The van der Waals surface area contributed by atoms with Crippen LogP contribution in [0.25, 0.3) is 0 Å². The molecule has 1 rings (SSSR count). The predicted octanol–water partition coefficient (Wildman–Crippen LogP) is 2.20. The first kappa shape index (κ1) is 13.5. The molecule has 0 bridgehead atoms. The summed E-state index contributed by atoms with van der Waals surface area (Å²) in [7, 11) is 0. The molecule has 0 aromatic rings. The zero-order chi connectivity index (χ0) is 12.2. The molecule has 3 heteroatoms. The number of hydrogen-bond donors (Lipinski definition) is 2. The van der Waals surface area contributed by atoms with E-state index in [0.29, 0.717) is 6.54 Å². The standard InChI is InChI=1S/C13H26N2O/c1-12(2,3)11(16)15-10-13(14)8-6-4-5-7-9-13/h4-10,14H2,1-3H3,(H,15,16). The highest BCUT2D eigenvalue weighted by Crippen LogP contribution is 2.24. The van der Waals surface area contributed by atoms with E-state index in [2.05, 4.69) is 5.32 Å². The molecule has 1 aliphatic rings. The van der Waals surface area contributed by atoms with E-state index in [9.17, 15) is 4.79 Å². The largest absolute Gasteiger partial charge is 0.354 e. The Hall–Kier alpha value is -0.570. The third-order valence-electron chi connectivity index (χ3n) is 3.38. The van der Waals surface area contributed by atoms with Gasteiger partial charge in [0.1, 0.15) is 0 Å². The molecule has 0 heterocycles. The van der Waals surface area contributed by atoms with Gasteiger partial charge in [-0.05, 0) is 12.8 Å². The summed E-state index contributed by atoms with van der Waals surface area (Å²) >= 11 is 0.